The summed E-state index contributed by atoms with van der Waals surface area (Å²) in [5, 5.41) is 4.50. The minimum atomic E-state index is 0.00882. The van der Waals surface area contributed by atoms with Crippen molar-refractivity contribution in [3.05, 3.63) is 14.6 Å². The molecule has 1 unspecified atom stereocenters. The topological polar surface area (TPSA) is 66.0 Å². The zero-order chi connectivity index (χ0) is 13.4. The van der Waals surface area contributed by atoms with Gasteiger partial charge in [0.15, 0.2) is 12.1 Å². The third-order valence-corrected chi connectivity index (χ3v) is 5.99. The molecule has 5 nitrogen and oxygen atoms in total. The van der Waals surface area contributed by atoms with Gasteiger partial charge in [0.2, 0.25) is 0 Å². The fourth-order valence-corrected chi connectivity index (χ4v) is 4.47. The van der Waals surface area contributed by atoms with E-state index in [2.05, 4.69) is 41.9 Å². The molecule has 3 heterocycles. The van der Waals surface area contributed by atoms with Gasteiger partial charge in [0.1, 0.15) is 6.33 Å². The van der Waals surface area contributed by atoms with Crippen LogP contribution in [0.2, 0.25) is 0 Å². The van der Waals surface area contributed by atoms with Crippen LogP contribution in [0.5, 0.6) is 0 Å². The maximum Gasteiger partial charge on any atom is 0.192 e. The second-order valence-corrected chi connectivity index (χ2v) is 7.43. The fraction of sp³-hybridized carbons (Fsp3) is 0.455. The number of halogens is 2. The SMILES string of the molecule is Nc1c(Br)sc(-c2ncn(C3CCCCO3)n2)c1Br. The van der Waals surface area contributed by atoms with Gasteiger partial charge in [0.25, 0.3) is 0 Å². The molecule has 0 bridgehead atoms. The molecule has 0 saturated carbocycles. The first-order valence-electron chi connectivity index (χ1n) is 5.93. The number of ether oxygens (including phenoxy) is 1. The fourth-order valence-electron chi connectivity index (χ4n) is 1.99. The molecule has 3 rings (SSSR count). The summed E-state index contributed by atoms with van der Waals surface area (Å²) in [6.07, 6.45) is 5.01. The van der Waals surface area contributed by atoms with Gasteiger partial charge in [-0.2, -0.15) is 0 Å². The standard InChI is InChI=1S/C11H12Br2N4OS/c12-7-8(14)10(13)19-9(7)11-15-5-17(16-11)6-3-1-2-4-18-6/h5-6H,1-4,14H2. The summed E-state index contributed by atoms with van der Waals surface area (Å²) in [6, 6.07) is 0. The van der Waals surface area contributed by atoms with Gasteiger partial charge in [-0.3, -0.25) is 0 Å². The quantitative estimate of drug-likeness (QED) is 0.821. The number of rotatable bonds is 2. The number of hydrogen-bond acceptors (Lipinski definition) is 5. The summed E-state index contributed by atoms with van der Waals surface area (Å²) in [7, 11) is 0. The zero-order valence-corrected chi connectivity index (χ0v) is 14.0. The second-order valence-electron chi connectivity index (χ2n) is 4.30. The van der Waals surface area contributed by atoms with Crippen LogP contribution in [0.4, 0.5) is 5.69 Å². The second kappa shape index (κ2) is 5.51. The number of aromatic nitrogens is 3. The molecule has 19 heavy (non-hydrogen) atoms. The Hall–Kier alpha value is -0.440. The predicted molar refractivity (Wildman–Crippen MR) is 82.0 cm³/mol. The number of hydrogen-bond donors (Lipinski definition) is 1. The molecule has 1 atom stereocenters. The maximum atomic E-state index is 5.92. The van der Waals surface area contributed by atoms with Crippen molar-refractivity contribution in [2.45, 2.75) is 25.5 Å². The summed E-state index contributed by atoms with van der Waals surface area (Å²) in [5.41, 5.74) is 6.60. The minimum absolute atomic E-state index is 0.00882. The maximum absolute atomic E-state index is 5.92. The Morgan fingerprint density at radius 3 is 2.89 bits per heavy atom. The third-order valence-electron chi connectivity index (χ3n) is 3.00. The number of thiophene rings is 1. The molecule has 0 radical (unpaired) electrons. The Bertz CT molecular complexity index is 592. The van der Waals surface area contributed by atoms with E-state index in [-0.39, 0.29) is 6.23 Å². The van der Waals surface area contributed by atoms with Crippen LogP contribution in [0, 0.1) is 0 Å². The van der Waals surface area contributed by atoms with Crippen molar-refractivity contribution in [3.8, 4) is 10.7 Å². The minimum Gasteiger partial charge on any atom is -0.396 e. The Balaban J connectivity index is 1.90. The van der Waals surface area contributed by atoms with E-state index < -0.39 is 0 Å². The number of anilines is 1. The van der Waals surface area contributed by atoms with E-state index in [1.165, 1.54) is 17.8 Å². The van der Waals surface area contributed by atoms with Crippen LogP contribution in [-0.2, 0) is 4.74 Å². The van der Waals surface area contributed by atoms with E-state index in [1.807, 2.05) is 0 Å². The molecule has 0 aromatic carbocycles. The average Bonchev–Trinajstić information content (AvgIpc) is 3.01. The van der Waals surface area contributed by atoms with Gasteiger partial charge in [-0.1, -0.05) is 0 Å². The number of nitrogens with zero attached hydrogens (tertiary/aromatic N) is 3. The van der Waals surface area contributed by atoms with Crippen molar-refractivity contribution >= 4 is 48.9 Å². The lowest BCUT2D eigenvalue weighted by atomic mass is 10.2. The monoisotopic (exact) mass is 406 g/mol. The first kappa shape index (κ1) is 13.5. The van der Waals surface area contributed by atoms with Gasteiger partial charge in [-0.25, -0.2) is 9.67 Å². The molecule has 2 aromatic heterocycles. The first-order valence-corrected chi connectivity index (χ1v) is 8.33. The summed E-state index contributed by atoms with van der Waals surface area (Å²) in [5.74, 6) is 0.670. The lowest BCUT2D eigenvalue weighted by Crippen LogP contribution is -2.18. The summed E-state index contributed by atoms with van der Waals surface area (Å²) in [4.78, 5) is 5.28. The Morgan fingerprint density at radius 2 is 2.26 bits per heavy atom. The Kier molecular flexibility index (Phi) is 3.93. The van der Waals surface area contributed by atoms with Crippen LogP contribution in [0.15, 0.2) is 14.6 Å². The highest BCUT2D eigenvalue weighted by molar-refractivity contribution is 9.11. The highest BCUT2D eigenvalue weighted by Crippen LogP contribution is 2.44. The molecule has 0 aliphatic carbocycles. The molecule has 2 aromatic rings. The summed E-state index contributed by atoms with van der Waals surface area (Å²) < 4.78 is 9.22. The average molecular weight is 408 g/mol. The molecule has 0 spiro atoms. The van der Waals surface area contributed by atoms with Crippen LogP contribution < -0.4 is 5.73 Å². The largest absolute Gasteiger partial charge is 0.396 e. The van der Waals surface area contributed by atoms with E-state index in [0.717, 1.165) is 32.6 Å². The summed E-state index contributed by atoms with van der Waals surface area (Å²) >= 11 is 8.42. The van der Waals surface area contributed by atoms with Gasteiger partial charge >= 0.3 is 0 Å². The van der Waals surface area contributed by atoms with E-state index >= 15 is 0 Å². The molecule has 8 heteroatoms. The van der Waals surface area contributed by atoms with Crippen LogP contribution in [-0.4, -0.2) is 21.4 Å². The highest BCUT2D eigenvalue weighted by atomic mass is 79.9. The number of nitrogens with two attached hydrogens (primary N) is 1. The van der Waals surface area contributed by atoms with Gasteiger partial charge < -0.3 is 10.5 Å². The van der Waals surface area contributed by atoms with Crippen molar-refractivity contribution in [2.75, 3.05) is 12.3 Å². The molecule has 1 aliphatic rings. The van der Waals surface area contributed by atoms with Crippen molar-refractivity contribution in [3.63, 3.8) is 0 Å². The zero-order valence-electron chi connectivity index (χ0n) is 9.97. The molecular weight excluding hydrogens is 396 g/mol. The smallest absolute Gasteiger partial charge is 0.192 e. The predicted octanol–water partition coefficient (Wildman–Crippen LogP) is 3.81. The normalized spacial score (nSPS) is 19.8. The van der Waals surface area contributed by atoms with Gasteiger partial charge in [0, 0.05) is 6.61 Å². The Morgan fingerprint density at radius 1 is 1.42 bits per heavy atom. The first-order chi connectivity index (χ1) is 9.16. The van der Waals surface area contributed by atoms with E-state index in [4.69, 9.17) is 10.5 Å². The molecular formula is C11H12Br2N4OS. The molecule has 2 N–H and O–H groups in total. The van der Waals surface area contributed by atoms with Crippen molar-refractivity contribution in [1.82, 2.24) is 14.8 Å². The lowest BCUT2D eigenvalue weighted by Gasteiger charge is -2.21. The van der Waals surface area contributed by atoms with E-state index in [9.17, 15) is 0 Å². The lowest BCUT2D eigenvalue weighted by molar-refractivity contribution is -0.0395. The molecule has 0 amide bonds. The molecule has 1 fully saturated rings. The van der Waals surface area contributed by atoms with Gasteiger partial charge in [-0.05, 0) is 51.1 Å². The van der Waals surface area contributed by atoms with E-state index in [1.54, 1.807) is 11.0 Å². The van der Waals surface area contributed by atoms with Gasteiger partial charge in [-0.15, -0.1) is 16.4 Å². The van der Waals surface area contributed by atoms with Crippen LogP contribution in [0.25, 0.3) is 10.7 Å². The number of nitrogen functional groups attached to an aromatic ring is 1. The molecule has 1 saturated heterocycles. The van der Waals surface area contributed by atoms with Crippen LogP contribution >= 0.6 is 43.2 Å². The van der Waals surface area contributed by atoms with Crippen LogP contribution in [0.3, 0.4) is 0 Å². The summed E-state index contributed by atoms with van der Waals surface area (Å²) in [6.45, 7) is 0.793. The van der Waals surface area contributed by atoms with Gasteiger partial charge in [0.05, 0.1) is 18.8 Å². The van der Waals surface area contributed by atoms with Crippen LogP contribution in [0.1, 0.15) is 25.5 Å². The molecule has 1 aliphatic heterocycles. The van der Waals surface area contributed by atoms with E-state index in [0.29, 0.717) is 11.5 Å². The van der Waals surface area contributed by atoms with Crippen molar-refractivity contribution < 1.29 is 4.74 Å². The van der Waals surface area contributed by atoms with Crippen molar-refractivity contribution in [1.29, 1.82) is 0 Å². The molecule has 102 valence electrons. The highest BCUT2D eigenvalue weighted by Gasteiger charge is 2.20. The third kappa shape index (κ3) is 2.58. The Labute approximate surface area is 131 Å². The van der Waals surface area contributed by atoms with Crippen molar-refractivity contribution in [2.24, 2.45) is 0 Å².